The van der Waals surface area contributed by atoms with Gasteiger partial charge in [0, 0.05) is 18.7 Å². The summed E-state index contributed by atoms with van der Waals surface area (Å²) in [7, 11) is 0. The van der Waals surface area contributed by atoms with Crippen LogP contribution in [-0.2, 0) is 11.3 Å². The lowest BCUT2D eigenvalue weighted by atomic mass is 9.93. The van der Waals surface area contributed by atoms with E-state index in [0.717, 1.165) is 49.2 Å². The summed E-state index contributed by atoms with van der Waals surface area (Å²) in [4.78, 5) is 22.4. The van der Waals surface area contributed by atoms with Crippen molar-refractivity contribution in [2.75, 3.05) is 18.4 Å². The highest BCUT2D eigenvalue weighted by Gasteiger charge is 2.21. The maximum absolute atomic E-state index is 12.5. The van der Waals surface area contributed by atoms with Crippen LogP contribution in [0.3, 0.4) is 0 Å². The first-order chi connectivity index (χ1) is 14.1. The Bertz CT molecular complexity index is 959. The first-order valence-electron chi connectivity index (χ1n) is 10.3. The second-order valence-corrected chi connectivity index (χ2v) is 7.99. The number of nitrogens with one attached hydrogen (secondary N) is 2. The molecule has 0 saturated carbocycles. The average molecular weight is 393 g/mol. The van der Waals surface area contributed by atoms with Gasteiger partial charge in [0.2, 0.25) is 5.91 Å². The number of carbonyl (C=O) groups excluding carboxylic acids is 1. The number of aromatic nitrogens is 2. The summed E-state index contributed by atoms with van der Waals surface area (Å²) >= 11 is 0. The van der Waals surface area contributed by atoms with Crippen LogP contribution in [0.5, 0.6) is 0 Å². The number of aliphatic hydroxyl groups excluding tert-OH is 1. The summed E-state index contributed by atoms with van der Waals surface area (Å²) < 4.78 is 0. The zero-order valence-electron chi connectivity index (χ0n) is 16.8. The Hall–Kier alpha value is -2.70. The van der Waals surface area contributed by atoms with Crippen LogP contribution >= 0.6 is 0 Å². The Morgan fingerprint density at radius 2 is 2.00 bits per heavy atom. The van der Waals surface area contributed by atoms with E-state index in [0.29, 0.717) is 18.2 Å². The summed E-state index contributed by atoms with van der Waals surface area (Å²) in [5, 5.41) is 12.7. The molecule has 1 fully saturated rings. The SMILES string of the molecule is CC(O)c1nc2ccc(NC(=O)CC3CCN(Cc4ccccc4)CC3)cc2[nH]1. The van der Waals surface area contributed by atoms with Gasteiger partial charge in [-0.1, -0.05) is 30.3 Å². The fourth-order valence-electron chi connectivity index (χ4n) is 3.97. The second-order valence-electron chi connectivity index (χ2n) is 7.99. The Labute approximate surface area is 171 Å². The third kappa shape index (κ3) is 5.02. The molecule has 6 nitrogen and oxygen atoms in total. The molecule has 0 bridgehead atoms. The minimum absolute atomic E-state index is 0.0566. The molecular weight excluding hydrogens is 364 g/mol. The third-order valence-electron chi connectivity index (χ3n) is 5.61. The van der Waals surface area contributed by atoms with E-state index in [1.165, 1.54) is 5.56 Å². The Balaban J connectivity index is 1.27. The first-order valence-corrected chi connectivity index (χ1v) is 10.3. The molecule has 2 heterocycles. The molecular formula is C23H28N4O2. The number of hydrogen-bond acceptors (Lipinski definition) is 4. The third-order valence-corrected chi connectivity index (χ3v) is 5.61. The summed E-state index contributed by atoms with van der Waals surface area (Å²) in [5.74, 6) is 1.02. The van der Waals surface area contributed by atoms with Crippen LogP contribution in [-0.4, -0.2) is 39.0 Å². The number of anilines is 1. The van der Waals surface area contributed by atoms with Gasteiger partial charge in [-0.2, -0.15) is 0 Å². The van der Waals surface area contributed by atoms with Crippen LogP contribution in [0.1, 0.15) is 43.7 Å². The number of rotatable bonds is 6. The van der Waals surface area contributed by atoms with E-state index in [-0.39, 0.29) is 5.91 Å². The van der Waals surface area contributed by atoms with Crippen LogP contribution < -0.4 is 5.32 Å². The molecule has 1 saturated heterocycles. The van der Waals surface area contributed by atoms with Gasteiger partial charge in [0.05, 0.1) is 11.0 Å². The first kappa shape index (κ1) is 19.6. The zero-order chi connectivity index (χ0) is 20.2. The van der Waals surface area contributed by atoms with Crippen LogP contribution in [0, 0.1) is 5.92 Å². The van der Waals surface area contributed by atoms with E-state index in [4.69, 9.17) is 0 Å². The molecule has 0 spiro atoms. The quantitative estimate of drug-likeness (QED) is 0.595. The lowest BCUT2D eigenvalue weighted by molar-refractivity contribution is -0.117. The minimum atomic E-state index is -0.645. The van der Waals surface area contributed by atoms with Gasteiger partial charge in [0.25, 0.3) is 0 Å². The van der Waals surface area contributed by atoms with Crippen molar-refractivity contribution in [3.63, 3.8) is 0 Å². The largest absolute Gasteiger partial charge is 0.385 e. The molecule has 1 aromatic heterocycles. The lowest BCUT2D eigenvalue weighted by Crippen LogP contribution is -2.34. The number of imidazole rings is 1. The molecule has 1 atom stereocenters. The van der Waals surface area contributed by atoms with Crippen molar-refractivity contribution in [3.8, 4) is 0 Å². The number of fused-ring (bicyclic) bond motifs is 1. The molecule has 152 valence electrons. The van der Waals surface area contributed by atoms with E-state index >= 15 is 0 Å². The van der Waals surface area contributed by atoms with E-state index in [1.54, 1.807) is 6.92 Å². The molecule has 0 aliphatic carbocycles. The maximum Gasteiger partial charge on any atom is 0.224 e. The van der Waals surface area contributed by atoms with Crippen molar-refractivity contribution < 1.29 is 9.90 Å². The van der Waals surface area contributed by atoms with Crippen LogP contribution in [0.15, 0.2) is 48.5 Å². The van der Waals surface area contributed by atoms with Gasteiger partial charge in [-0.3, -0.25) is 9.69 Å². The topological polar surface area (TPSA) is 81.2 Å². The van der Waals surface area contributed by atoms with Gasteiger partial charge in [-0.15, -0.1) is 0 Å². The summed E-state index contributed by atoms with van der Waals surface area (Å²) in [6, 6.07) is 16.1. The number of aromatic amines is 1. The fraction of sp³-hybridized carbons (Fsp3) is 0.391. The van der Waals surface area contributed by atoms with Gasteiger partial charge < -0.3 is 15.4 Å². The van der Waals surface area contributed by atoms with E-state index in [9.17, 15) is 9.90 Å². The Kier molecular flexibility index (Phi) is 5.92. The molecule has 3 N–H and O–H groups in total. The van der Waals surface area contributed by atoms with Crippen LogP contribution in [0.2, 0.25) is 0 Å². The standard InChI is InChI=1S/C23H28N4O2/c1-16(28)23-25-20-8-7-19(14-21(20)26-23)24-22(29)13-17-9-11-27(12-10-17)15-18-5-3-2-4-6-18/h2-8,14,16-17,28H,9-13,15H2,1H3,(H,24,29)(H,25,26). The predicted molar refractivity (Wildman–Crippen MR) is 114 cm³/mol. The van der Waals surface area contributed by atoms with E-state index in [2.05, 4.69) is 44.5 Å². The van der Waals surface area contributed by atoms with Gasteiger partial charge in [0.15, 0.2) is 0 Å². The molecule has 2 aromatic carbocycles. The Morgan fingerprint density at radius 3 is 2.72 bits per heavy atom. The van der Waals surface area contributed by atoms with Gasteiger partial charge in [-0.05, 0) is 62.5 Å². The van der Waals surface area contributed by atoms with Crippen molar-refractivity contribution in [2.24, 2.45) is 5.92 Å². The maximum atomic E-state index is 12.5. The number of amides is 1. The monoisotopic (exact) mass is 392 g/mol. The molecule has 1 unspecified atom stereocenters. The fourth-order valence-corrected chi connectivity index (χ4v) is 3.97. The van der Waals surface area contributed by atoms with Gasteiger partial charge >= 0.3 is 0 Å². The molecule has 1 aliphatic heterocycles. The number of H-pyrrole nitrogens is 1. The molecule has 29 heavy (non-hydrogen) atoms. The summed E-state index contributed by atoms with van der Waals surface area (Å²) in [6.45, 7) is 4.73. The van der Waals surface area contributed by atoms with Gasteiger partial charge in [0.1, 0.15) is 11.9 Å². The number of carbonyl (C=O) groups is 1. The average Bonchev–Trinajstić information content (AvgIpc) is 3.14. The molecule has 6 heteroatoms. The van der Waals surface area contributed by atoms with Gasteiger partial charge in [-0.25, -0.2) is 4.98 Å². The molecule has 3 aromatic rings. The molecule has 1 amide bonds. The molecule has 1 aliphatic rings. The van der Waals surface area contributed by atoms with Crippen LogP contribution in [0.25, 0.3) is 11.0 Å². The molecule has 4 rings (SSSR count). The number of nitrogens with zero attached hydrogens (tertiary/aromatic N) is 2. The van der Waals surface area contributed by atoms with Crippen molar-refractivity contribution in [1.29, 1.82) is 0 Å². The predicted octanol–water partition coefficient (Wildman–Crippen LogP) is 3.86. The Morgan fingerprint density at radius 1 is 1.24 bits per heavy atom. The minimum Gasteiger partial charge on any atom is -0.385 e. The van der Waals surface area contributed by atoms with Crippen molar-refractivity contribution in [1.82, 2.24) is 14.9 Å². The number of benzene rings is 2. The van der Waals surface area contributed by atoms with Crippen LogP contribution in [0.4, 0.5) is 5.69 Å². The summed E-state index contributed by atoms with van der Waals surface area (Å²) in [5.41, 5.74) is 3.69. The number of piperidine rings is 1. The lowest BCUT2D eigenvalue weighted by Gasteiger charge is -2.31. The smallest absolute Gasteiger partial charge is 0.224 e. The van der Waals surface area contributed by atoms with Crippen molar-refractivity contribution in [2.45, 2.75) is 38.8 Å². The van der Waals surface area contributed by atoms with Crippen molar-refractivity contribution in [3.05, 3.63) is 59.9 Å². The highest BCUT2D eigenvalue weighted by molar-refractivity contribution is 5.93. The normalized spacial score (nSPS) is 16.8. The highest BCUT2D eigenvalue weighted by Crippen LogP contribution is 2.24. The summed E-state index contributed by atoms with van der Waals surface area (Å²) in [6.07, 6.45) is 2.02. The number of aliphatic hydroxyl groups is 1. The van der Waals surface area contributed by atoms with E-state index < -0.39 is 6.10 Å². The van der Waals surface area contributed by atoms with E-state index in [1.807, 2.05) is 24.3 Å². The second kappa shape index (κ2) is 8.76. The molecule has 0 radical (unpaired) electrons. The highest BCUT2D eigenvalue weighted by atomic mass is 16.3. The zero-order valence-corrected chi connectivity index (χ0v) is 16.8. The van der Waals surface area contributed by atoms with Crippen molar-refractivity contribution >= 4 is 22.6 Å². The number of likely N-dealkylation sites (tertiary alicyclic amines) is 1. The number of hydrogen-bond donors (Lipinski definition) is 3.